The third-order valence-electron chi connectivity index (χ3n) is 4.77. The molecule has 2 unspecified atom stereocenters. The van der Waals surface area contributed by atoms with E-state index in [0.717, 1.165) is 11.7 Å². The Morgan fingerprint density at radius 3 is 2.35 bits per heavy atom. The Hall–Kier alpha value is -0.900. The Morgan fingerprint density at radius 2 is 1.85 bits per heavy atom. The maximum atomic E-state index is 9.89. The van der Waals surface area contributed by atoms with Crippen molar-refractivity contribution < 1.29 is 9.63 Å². The van der Waals surface area contributed by atoms with Crippen molar-refractivity contribution in [3.05, 3.63) is 11.7 Å². The third-order valence-corrected chi connectivity index (χ3v) is 4.77. The molecule has 0 aliphatic heterocycles. The molecule has 0 bridgehead atoms. The highest BCUT2D eigenvalue weighted by Crippen LogP contribution is 2.36. The molecule has 114 valence electrons. The van der Waals surface area contributed by atoms with E-state index in [0.29, 0.717) is 17.7 Å². The first kappa shape index (κ1) is 15.5. The average molecular weight is 280 g/mol. The van der Waals surface area contributed by atoms with E-state index in [-0.39, 0.29) is 5.92 Å². The minimum absolute atomic E-state index is 0.0665. The van der Waals surface area contributed by atoms with Gasteiger partial charge in [0.1, 0.15) is 0 Å². The molecule has 0 amide bonds. The van der Waals surface area contributed by atoms with Crippen LogP contribution in [0.1, 0.15) is 83.3 Å². The van der Waals surface area contributed by atoms with Crippen molar-refractivity contribution in [2.75, 3.05) is 0 Å². The lowest BCUT2D eigenvalue weighted by atomic mass is 9.80. The zero-order valence-electron chi connectivity index (χ0n) is 13.2. The molecule has 1 N–H and O–H groups in total. The van der Waals surface area contributed by atoms with Gasteiger partial charge in [0.25, 0.3) is 0 Å². The van der Waals surface area contributed by atoms with Crippen molar-refractivity contribution in [2.24, 2.45) is 11.8 Å². The van der Waals surface area contributed by atoms with E-state index in [9.17, 15) is 5.11 Å². The molecule has 1 aromatic rings. The molecule has 1 aromatic heterocycles. The number of aliphatic hydroxyl groups excluding tert-OH is 1. The quantitative estimate of drug-likeness (QED) is 0.889. The van der Waals surface area contributed by atoms with E-state index in [2.05, 4.69) is 30.9 Å². The molecular formula is C16H28N2O2. The molecule has 0 aromatic carbocycles. The lowest BCUT2D eigenvalue weighted by molar-refractivity contribution is 0.120. The first-order valence-electron chi connectivity index (χ1n) is 8.04. The predicted octanol–water partition coefficient (Wildman–Crippen LogP) is 3.87. The standard InChI is InChI=1S/C16H28N2O2/c1-5-12-6-8-13(9-7-12)15-17-16(20-18-15)14(10(2)3)11(4)19/h10-14,19H,5-9H2,1-4H3. The summed E-state index contributed by atoms with van der Waals surface area (Å²) >= 11 is 0. The molecule has 0 spiro atoms. The fourth-order valence-electron chi connectivity index (χ4n) is 3.43. The van der Waals surface area contributed by atoms with Gasteiger partial charge in [0.15, 0.2) is 5.82 Å². The highest BCUT2D eigenvalue weighted by atomic mass is 16.5. The van der Waals surface area contributed by atoms with Crippen LogP contribution in [0.3, 0.4) is 0 Å². The van der Waals surface area contributed by atoms with Gasteiger partial charge in [0, 0.05) is 5.92 Å². The molecule has 1 fully saturated rings. The largest absolute Gasteiger partial charge is 0.393 e. The van der Waals surface area contributed by atoms with Gasteiger partial charge in [-0.1, -0.05) is 32.3 Å². The van der Waals surface area contributed by atoms with E-state index >= 15 is 0 Å². The molecule has 4 nitrogen and oxygen atoms in total. The van der Waals surface area contributed by atoms with Gasteiger partial charge < -0.3 is 9.63 Å². The summed E-state index contributed by atoms with van der Waals surface area (Å²) in [7, 11) is 0. The van der Waals surface area contributed by atoms with E-state index in [1.807, 2.05) is 0 Å². The molecule has 4 heteroatoms. The SMILES string of the molecule is CCC1CCC(c2noc(C(C(C)C)C(C)O)n2)CC1. The van der Waals surface area contributed by atoms with Crippen molar-refractivity contribution in [2.45, 2.75) is 77.7 Å². The number of aromatic nitrogens is 2. The van der Waals surface area contributed by atoms with Crippen LogP contribution < -0.4 is 0 Å². The molecule has 1 heterocycles. The van der Waals surface area contributed by atoms with Crippen LogP contribution in [0.2, 0.25) is 0 Å². The second-order valence-electron chi connectivity index (χ2n) is 6.63. The van der Waals surface area contributed by atoms with Gasteiger partial charge in [-0.05, 0) is 44.4 Å². The van der Waals surface area contributed by atoms with Crippen LogP contribution in [-0.2, 0) is 0 Å². The van der Waals surface area contributed by atoms with Crippen molar-refractivity contribution in [1.82, 2.24) is 10.1 Å². The maximum absolute atomic E-state index is 9.89. The third kappa shape index (κ3) is 3.40. The van der Waals surface area contributed by atoms with Crippen molar-refractivity contribution in [3.8, 4) is 0 Å². The van der Waals surface area contributed by atoms with Gasteiger partial charge in [0.05, 0.1) is 12.0 Å². The van der Waals surface area contributed by atoms with Crippen LogP contribution >= 0.6 is 0 Å². The highest BCUT2D eigenvalue weighted by molar-refractivity contribution is 5.02. The number of hydrogen-bond acceptors (Lipinski definition) is 4. The lowest BCUT2D eigenvalue weighted by Crippen LogP contribution is -2.20. The summed E-state index contributed by atoms with van der Waals surface area (Å²) in [6, 6.07) is 0. The minimum atomic E-state index is -0.459. The zero-order valence-corrected chi connectivity index (χ0v) is 13.2. The van der Waals surface area contributed by atoms with Crippen molar-refractivity contribution >= 4 is 0 Å². The summed E-state index contributed by atoms with van der Waals surface area (Å²) in [5.41, 5.74) is 0. The summed E-state index contributed by atoms with van der Waals surface area (Å²) < 4.78 is 5.43. The number of aliphatic hydroxyl groups is 1. The molecular weight excluding hydrogens is 252 g/mol. The Kier molecular flexibility index (Phi) is 5.19. The molecule has 0 radical (unpaired) electrons. The Labute approximate surface area is 122 Å². The van der Waals surface area contributed by atoms with Gasteiger partial charge in [-0.2, -0.15) is 4.98 Å². The Balaban J connectivity index is 2.05. The van der Waals surface area contributed by atoms with Crippen LogP contribution in [0.4, 0.5) is 0 Å². The van der Waals surface area contributed by atoms with Gasteiger partial charge in [0.2, 0.25) is 5.89 Å². The molecule has 1 aliphatic rings. The van der Waals surface area contributed by atoms with Gasteiger partial charge in [-0.15, -0.1) is 0 Å². The first-order chi connectivity index (χ1) is 9.52. The molecule has 2 atom stereocenters. The molecule has 1 saturated carbocycles. The number of hydrogen-bond donors (Lipinski definition) is 1. The van der Waals surface area contributed by atoms with Crippen LogP contribution in [0.5, 0.6) is 0 Å². The first-order valence-corrected chi connectivity index (χ1v) is 8.04. The number of rotatable bonds is 5. The normalized spacial score (nSPS) is 26.7. The van der Waals surface area contributed by atoms with E-state index in [4.69, 9.17) is 4.52 Å². The second-order valence-corrected chi connectivity index (χ2v) is 6.63. The topological polar surface area (TPSA) is 59.2 Å². The molecule has 0 saturated heterocycles. The van der Waals surface area contributed by atoms with Crippen LogP contribution in [0.25, 0.3) is 0 Å². The van der Waals surface area contributed by atoms with E-state index in [1.165, 1.54) is 32.1 Å². The summed E-state index contributed by atoms with van der Waals surface area (Å²) in [5, 5.41) is 14.1. The fourth-order valence-corrected chi connectivity index (χ4v) is 3.43. The minimum Gasteiger partial charge on any atom is -0.393 e. The van der Waals surface area contributed by atoms with Gasteiger partial charge in [-0.3, -0.25) is 0 Å². The Morgan fingerprint density at radius 1 is 1.20 bits per heavy atom. The predicted molar refractivity (Wildman–Crippen MR) is 78.5 cm³/mol. The molecule has 20 heavy (non-hydrogen) atoms. The summed E-state index contributed by atoms with van der Waals surface area (Å²) in [5.74, 6) is 2.99. The zero-order chi connectivity index (χ0) is 14.7. The van der Waals surface area contributed by atoms with Gasteiger partial charge >= 0.3 is 0 Å². The summed E-state index contributed by atoms with van der Waals surface area (Å²) in [6.07, 6.45) is 5.70. The van der Waals surface area contributed by atoms with Crippen molar-refractivity contribution in [3.63, 3.8) is 0 Å². The van der Waals surface area contributed by atoms with Crippen LogP contribution in [0, 0.1) is 11.8 Å². The summed E-state index contributed by atoms with van der Waals surface area (Å²) in [6.45, 7) is 8.22. The van der Waals surface area contributed by atoms with Crippen LogP contribution in [-0.4, -0.2) is 21.4 Å². The number of nitrogens with zero attached hydrogens (tertiary/aromatic N) is 2. The van der Waals surface area contributed by atoms with E-state index in [1.54, 1.807) is 6.92 Å². The average Bonchev–Trinajstić information content (AvgIpc) is 2.87. The second kappa shape index (κ2) is 6.70. The van der Waals surface area contributed by atoms with E-state index < -0.39 is 6.10 Å². The Bertz CT molecular complexity index is 398. The highest BCUT2D eigenvalue weighted by Gasteiger charge is 2.30. The molecule has 2 rings (SSSR count). The monoisotopic (exact) mass is 280 g/mol. The summed E-state index contributed by atoms with van der Waals surface area (Å²) in [4.78, 5) is 4.59. The van der Waals surface area contributed by atoms with Crippen LogP contribution in [0.15, 0.2) is 4.52 Å². The lowest BCUT2D eigenvalue weighted by Gasteiger charge is -2.25. The smallest absolute Gasteiger partial charge is 0.232 e. The maximum Gasteiger partial charge on any atom is 0.232 e. The van der Waals surface area contributed by atoms with Crippen molar-refractivity contribution in [1.29, 1.82) is 0 Å². The molecule has 1 aliphatic carbocycles. The fraction of sp³-hybridized carbons (Fsp3) is 0.875. The van der Waals surface area contributed by atoms with Gasteiger partial charge in [-0.25, -0.2) is 0 Å².